The lowest BCUT2D eigenvalue weighted by atomic mass is 9.83. The Balaban J connectivity index is 1.99. The van der Waals surface area contributed by atoms with E-state index in [1.807, 2.05) is 60.7 Å². The quantitative estimate of drug-likeness (QED) is 0.116. The second-order valence-corrected chi connectivity index (χ2v) is 14.7. The lowest BCUT2D eigenvalue weighted by molar-refractivity contribution is -0.151. The Morgan fingerprint density at radius 2 is 1.33 bits per heavy atom. The number of ether oxygens (including phenoxy) is 2. The van der Waals surface area contributed by atoms with Gasteiger partial charge in [-0.25, -0.2) is 9.59 Å². The first kappa shape index (κ1) is 42.9. The van der Waals surface area contributed by atoms with Gasteiger partial charge >= 0.3 is 18.2 Å². The van der Waals surface area contributed by atoms with Gasteiger partial charge in [-0.3, -0.25) is 19.4 Å². The number of aliphatic hydroxyl groups excluding tert-OH is 1. The smallest absolute Gasteiger partial charge is 0.407 e. The minimum absolute atomic E-state index is 0.0702. The normalized spacial score (nSPS) is 14.3. The number of aromatic nitrogens is 1. The van der Waals surface area contributed by atoms with Crippen LogP contribution >= 0.6 is 0 Å². The second-order valence-electron chi connectivity index (χ2n) is 14.7. The number of hydrogen-bond acceptors (Lipinski definition) is 9. The van der Waals surface area contributed by atoms with Crippen LogP contribution in [0.5, 0.6) is 0 Å². The molecule has 0 aliphatic rings. The van der Waals surface area contributed by atoms with Crippen LogP contribution in [0.2, 0.25) is 0 Å². The number of amides is 4. The number of aliphatic carboxylic acids is 1. The fourth-order valence-corrected chi connectivity index (χ4v) is 5.82. The minimum atomic E-state index is -1.77. The average molecular weight is 748 g/mol. The van der Waals surface area contributed by atoms with Crippen molar-refractivity contribution in [3.63, 3.8) is 0 Å². The summed E-state index contributed by atoms with van der Waals surface area (Å²) in [5.41, 5.74) is 0.754. The molecule has 0 fully saturated rings. The van der Waals surface area contributed by atoms with Gasteiger partial charge in [0.15, 0.2) is 0 Å². The summed E-state index contributed by atoms with van der Waals surface area (Å²) >= 11 is 0. The molecule has 3 rings (SSSR count). The van der Waals surface area contributed by atoms with E-state index >= 15 is 0 Å². The number of carbonyl (C=O) groups is 5. The molecule has 292 valence electrons. The lowest BCUT2D eigenvalue weighted by Crippen LogP contribution is -2.60. The van der Waals surface area contributed by atoms with Crippen molar-refractivity contribution in [2.45, 2.75) is 91.1 Å². The Hall–Kier alpha value is -5.50. The van der Waals surface area contributed by atoms with Crippen LogP contribution in [0.25, 0.3) is 11.3 Å². The van der Waals surface area contributed by atoms with Gasteiger partial charge < -0.3 is 41.0 Å². The number of benzene rings is 2. The molecule has 0 saturated heterocycles. The highest BCUT2D eigenvalue weighted by molar-refractivity contribution is 5.92. The van der Waals surface area contributed by atoms with E-state index < -0.39 is 71.1 Å². The van der Waals surface area contributed by atoms with Crippen molar-refractivity contribution in [3.8, 4) is 11.3 Å². The van der Waals surface area contributed by atoms with E-state index in [4.69, 9.17) is 4.74 Å². The predicted octanol–water partition coefficient (Wildman–Crippen LogP) is 4.25. The molecule has 2 aromatic carbocycles. The number of carboxylic acids is 1. The number of methoxy groups -OCH3 is 1. The second kappa shape index (κ2) is 19.5. The predicted molar refractivity (Wildman–Crippen MR) is 202 cm³/mol. The van der Waals surface area contributed by atoms with E-state index in [-0.39, 0.29) is 25.9 Å². The zero-order valence-electron chi connectivity index (χ0n) is 31.9. The SMILES string of the molecule is CCOC(=O)N[C@H](C(=O)N[C@@H](Cc1ccc(-c2ccccn2)cc1)C[C@H](O)[C@H](Cc1ccccc1)NC(=O)[C@@H](NC(=O)OC)C(C)(C)C(=O)O)C(C)(C)C. The first-order valence-electron chi connectivity index (χ1n) is 17.8. The number of hydrogen-bond donors (Lipinski definition) is 6. The average Bonchev–Trinajstić information content (AvgIpc) is 3.12. The number of nitrogens with one attached hydrogen (secondary N) is 4. The molecule has 14 heteroatoms. The molecule has 0 aliphatic heterocycles. The molecule has 0 spiro atoms. The van der Waals surface area contributed by atoms with Crippen molar-refractivity contribution in [1.82, 2.24) is 26.3 Å². The molecule has 14 nitrogen and oxygen atoms in total. The Morgan fingerprint density at radius 1 is 0.741 bits per heavy atom. The molecule has 4 amide bonds. The summed E-state index contributed by atoms with van der Waals surface area (Å²) in [4.78, 5) is 69.0. The fourth-order valence-electron chi connectivity index (χ4n) is 5.82. The maximum atomic E-state index is 13.9. The summed E-state index contributed by atoms with van der Waals surface area (Å²) < 4.78 is 9.72. The van der Waals surface area contributed by atoms with E-state index in [2.05, 4.69) is 31.0 Å². The van der Waals surface area contributed by atoms with Gasteiger partial charge in [0.2, 0.25) is 11.8 Å². The summed E-state index contributed by atoms with van der Waals surface area (Å²) in [5.74, 6) is -2.71. The van der Waals surface area contributed by atoms with Crippen molar-refractivity contribution in [1.29, 1.82) is 0 Å². The van der Waals surface area contributed by atoms with E-state index in [0.717, 1.165) is 29.5 Å². The van der Waals surface area contributed by atoms with Crippen molar-refractivity contribution in [2.75, 3.05) is 13.7 Å². The number of alkyl carbamates (subject to hydrolysis) is 2. The van der Waals surface area contributed by atoms with E-state index in [0.29, 0.717) is 0 Å². The molecule has 0 unspecified atom stereocenters. The van der Waals surface area contributed by atoms with Crippen LogP contribution in [-0.2, 0) is 36.7 Å². The van der Waals surface area contributed by atoms with E-state index in [9.17, 15) is 34.2 Å². The summed E-state index contributed by atoms with van der Waals surface area (Å²) in [6.07, 6.45) is -1.05. The molecular formula is C40H53N5O9. The Morgan fingerprint density at radius 3 is 1.89 bits per heavy atom. The summed E-state index contributed by atoms with van der Waals surface area (Å²) in [6, 6.07) is 17.9. The molecule has 0 radical (unpaired) electrons. The van der Waals surface area contributed by atoms with Crippen LogP contribution in [0.1, 0.15) is 59.1 Å². The fraction of sp³-hybridized carbons (Fsp3) is 0.450. The molecule has 0 bridgehead atoms. The Kier molecular flexibility index (Phi) is 15.5. The highest BCUT2D eigenvalue weighted by Gasteiger charge is 2.44. The summed E-state index contributed by atoms with van der Waals surface area (Å²) in [6.45, 7) is 9.74. The van der Waals surface area contributed by atoms with Crippen molar-refractivity contribution in [2.24, 2.45) is 10.8 Å². The standard InChI is InChI=1S/C40H53N5O9/c1-8-54-38(52)44-32(39(2,3)4)34(47)42-28(22-26-17-19-27(20-18-26)29-16-12-13-21-41-29)24-31(46)30(23-25-14-10-9-11-15-25)43-35(48)33(45-37(51)53-7)40(5,6)36(49)50/h9-21,28,30-33,46H,8,22-24H2,1-7H3,(H,42,47)(H,43,48)(H,44,52)(H,45,51)(H,49,50)/t28-,30-,31-,32+,33+/m0/s1. The third-order valence-electron chi connectivity index (χ3n) is 9.01. The van der Waals surface area contributed by atoms with Crippen molar-refractivity contribution < 1.29 is 43.7 Å². The van der Waals surface area contributed by atoms with Crippen LogP contribution in [0.4, 0.5) is 9.59 Å². The maximum absolute atomic E-state index is 13.9. The summed E-state index contributed by atoms with van der Waals surface area (Å²) in [5, 5.41) is 32.6. The van der Waals surface area contributed by atoms with Gasteiger partial charge in [0.1, 0.15) is 12.1 Å². The monoisotopic (exact) mass is 747 g/mol. The van der Waals surface area contributed by atoms with E-state index in [1.54, 1.807) is 46.0 Å². The van der Waals surface area contributed by atoms with Crippen LogP contribution in [0.3, 0.4) is 0 Å². The molecule has 3 aromatic rings. The molecule has 1 aromatic heterocycles. The summed E-state index contributed by atoms with van der Waals surface area (Å²) in [7, 11) is 1.09. The highest BCUT2D eigenvalue weighted by atomic mass is 16.5. The first-order valence-corrected chi connectivity index (χ1v) is 17.8. The zero-order chi connectivity index (χ0) is 40.1. The maximum Gasteiger partial charge on any atom is 0.407 e. The third kappa shape index (κ3) is 12.6. The molecule has 6 N–H and O–H groups in total. The van der Waals surface area contributed by atoms with Crippen molar-refractivity contribution >= 4 is 30.0 Å². The molecular weight excluding hydrogens is 694 g/mol. The third-order valence-corrected chi connectivity index (χ3v) is 9.01. The largest absolute Gasteiger partial charge is 0.481 e. The van der Waals surface area contributed by atoms with Crippen LogP contribution < -0.4 is 21.3 Å². The van der Waals surface area contributed by atoms with Crippen molar-refractivity contribution in [3.05, 3.63) is 90.1 Å². The zero-order valence-corrected chi connectivity index (χ0v) is 31.9. The van der Waals surface area contributed by atoms with Gasteiger partial charge in [-0.2, -0.15) is 0 Å². The molecule has 0 saturated carbocycles. The Labute approximate surface area is 316 Å². The minimum Gasteiger partial charge on any atom is -0.481 e. The van der Waals surface area contributed by atoms with Gasteiger partial charge in [-0.05, 0) is 68.7 Å². The van der Waals surface area contributed by atoms with Gasteiger partial charge in [0.05, 0.1) is 37.0 Å². The number of carbonyl (C=O) groups excluding carboxylic acids is 4. The number of aliphatic hydroxyl groups is 1. The molecule has 5 atom stereocenters. The van der Waals surface area contributed by atoms with Gasteiger partial charge in [-0.15, -0.1) is 0 Å². The number of rotatable bonds is 17. The van der Waals surface area contributed by atoms with Gasteiger partial charge in [-0.1, -0.05) is 81.4 Å². The lowest BCUT2D eigenvalue weighted by Gasteiger charge is -2.34. The highest BCUT2D eigenvalue weighted by Crippen LogP contribution is 2.24. The molecule has 0 aliphatic carbocycles. The molecule has 1 heterocycles. The van der Waals surface area contributed by atoms with Crippen LogP contribution in [-0.4, -0.2) is 89.2 Å². The Bertz CT molecular complexity index is 1700. The van der Waals surface area contributed by atoms with Crippen LogP contribution in [0.15, 0.2) is 79.0 Å². The number of pyridine rings is 1. The van der Waals surface area contributed by atoms with E-state index in [1.165, 1.54) is 13.8 Å². The molecule has 54 heavy (non-hydrogen) atoms. The van der Waals surface area contributed by atoms with Gasteiger partial charge in [0, 0.05) is 17.8 Å². The van der Waals surface area contributed by atoms with Gasteiger partial charge in [0.25, 0.3) is 0 Å². The van der Waals surface area contributed by atoms with Crippen LogP contribution in [0, 0.1) is 10.8 Å². The number of carboxylic acid groups (broad SMARTS) is 1. The number of nitrogens with zero attached hydrogens (tertiary/aromatic N) is 1. The topological polar surface area (TPSA) is 205 Å². The first-order chi connectivity index (χ1) is 25.5.